The van der Waals surface area contributed by atoms with Gasteiger partial charge in [-0.15, -0.1) is 12.4 Å². The van der Waals surface area contributed by atoms with Gasteiger partial charge in [-0.3, -0.25) is 4.79 Å². The first-order chi connectivity index (χ1) is 10.1. The van der Waals surface area contributed by atoms with E-state index in [0.29, 0.717) is 12.5 Å². The van der Waals surface area contributed by atoms with Crippen molar-refractivity contribution in [3.8, 4) is 0 Å². The molecule has 22 heavy (non-hydrogen) atoms. The van der Waals surface area contributed by atoms with Crippen molar-refractivity contribution in [3.63, 3.8) is 0 Å². The van der Waals surface area contributed by atoms with Crippen molar-refractivity contribution in [3.05, 3.63) is 34.6 Å². The predicted molar refractivity (Wildman–Crippen MR) is 90.5 cm³/mol. The Hall–Kier alpha value is -1.13. The van der Waals surface area contributed by atoms with E-state index in [9.17, 15) is 9.18 Å². The van der Waals surface area contributed by atoms with Crippen molar-refractivity contribution in [2.24, 2.45) is 0 Å². The van der Waals surface area contributed by atoms with Gasteiger partial charge >= 0.3 is 0 Å². The maximum atomic E-state index is 14.3. The quantitative estimate of drug-likeness (QED) is 0.812. The zero-order chi connectivity index (χ0) is 15.2. The molecule has 2 N–H and O–H groups in total. The number of nitrogens with one attached hydrogen (secondary N) is 2. The molecule has 0 saturated carbocycles. The lowest BCUT2D eigenvalue weighted by Gasteiger charge is -2.24. The smallest absolute Gasteiger partial charge is 0.254 e. The normalized spacial score (nSPS) is 15.2. The number of aryl methyl sites for hydroxylation is 1. The lowest BCUT2D eigenvalue weighted by molar-refractivity contribution is 0.0948. The molecular weight excluding hydrogens is 303 g/mol. The SMILES string of the molecule is CCCCNC(=O)c1c(C)cc(C2CCNCC2)cc1F.Cl. The number of amides is 1. The monoisotopic (exact) mass is 328 g/mol. The first-order valence-electron chi connectivity index (χ1n) is 7.92. The van der Waals surface area contributed by atoms with Crippen LogP contribution in [0.1, 0.15) is 60.0 Å². The molecule has 0 aliphatic carbocycles. The fourth-order valence-corrected chi connectivity index (χ4v) is 2.92. The maximum absolute atomic E-state index is 14.3. The van der Waals surface area contributed by atoms with Crippen molar-refractivity contribution in [2.45, 2.75) is 45.4 Å². The van der Waals surface area contributed by atoms with Gasteiger partial charge in [0.15, 0.2) is 0 Å². The molecule has 1 aromatic rings. The third-order valence-electron chi connectivity index (χ3n) is 4.16. The van der Waals surface area contributed by atoms with E-state index in [1.807, 2.05) is 13.0 Å². The maximum Gasteiger partial charge on any atom is 0.254 e. The van der Waals surface area contributed by atoms with Gasteiger partial charge in [0.05, 0.1) is 5.56 Å². The van der Waals surface area contributed by atoms with Crippen LogP contribution in [-0.4, -0.2) is 25.5 Å². The van der Waals surface area contributed by atoms with Gasteiger partial charge in [0.25, 0.3) is 5.91 Å². The lowest BCUT2D eigenvalue weighted by atomic mass is 9.88. The molecule has 1 heterocycles. The second-order valence-corrected chi connectivity index (χ2v) is 5.83. The topological polar surface area (TPSA) is 41.1 Å². The van der Waals surface area contributed by atoms with Crippen LogP contribution in [-0.2, 0) is 0 Å². The molecule has 0 atom stereocenters. The highest BCUT2D eigenvalue weighted by atomic mass is 35.5. The van der Waals surface area contributed by atoms with Crippen LogP contribution in [0.2, 0.25) is 0 Å². The van der Waals surface area contributed by atoms with Gasteiger partial charge < -0.3 is 10.6 Å². The van der Waals surface area contributed by atoms with Crippen molar-refractivity contribution >= 4 is 18.3 Å². The van der Waals surface area contributed by atoms with E-state index in [1.165, 1.54) is 0 Å². The zero-order valence-electron chi connectivity index (χ0n) is 13.4. The van der Waals surface area contributed by atoms with Crippen molar-refractivity contribution in [1.82, 2.24) is 10.6 Å². The number of halogens is 2. The van der Waals surface area contributed by atoms with E-state index >= 15 is 0 Å². The van der Waals surface area contributed by atoms with Gasteiger partial charge in [-0.1, -0.05) is 19.4 Å². The summed E-state index contributed by atoms with van der Waals surface area (Å²) in [6.07, 6.45) is 3.98. The predicted octanol–water partition coefficient (Wildman–Crippen LogP) is 3.55. The molecule has 1 fully saturated rings. The Bertz CT molecular complexity index is 478. The standard InChI is InChI=1S/C17H25FN2O.ClH/c1-3-4-7-20-17(21)16-12(2)10-14(11-15(16)18)13-5-8-19-9-6-13;/h10-11,13,19H,3-9H2,1-2H3,(H,20,21);1H. The molecule has 1 aliphatic rings. The van der Waals surface area contributed by atoms with E-state index in [1.54, 1.807) is 6.07 Å². The highest BCUT2D eigenvalue weighted by molar-refractivity contribution is 5.96. The summed E-state index contributed by atoms with van der Waals surface area (Å²) in [5, 5.41) is 6.11. The summed E-state index contributed by atoms with van der Waals surface area (Å²) in [6.45, 7) is 6.44. The molecule has 0 radical (unpaired) electrons. The minimum atomic E-state index is -0.391. The number of piperidine rings is 1. The van der Waals surface area contributed by atoms with Gasteiger partial charge in [0.1, 0.15) is 5.82 Å². The largest absolute Gasteiger partial charge is 0.352 e. The minimum Gasteiger partial charge on any atom is -0.352 e. The number of unbranched alkanes of at least 4 members (excludes halogenated alkanes) is 1. The van der Waals surface area contributed by atoms with E-state index in [4.69, 9.17) is 0 Å². The van der Waals surface area contributed by atoms with E-state index in [0.717, 1.165) is 49.9 Å². The molecule has 0 bridgehead atoms. The molecule has 124 valence electrons. The molecule has 1 saturated heterocycles. The second kappa shape index (κ2) is 9.11. The summed E-state index contributed by atoms with van der Waals surface area (Å²) in [6, 6.07) is 3.53. The van der Waals surface area contributed by atoms with Crippen LogP contribution in [0.25, 0.3) is 0 Å². The van der Waals surface area contributed by atoms with Crippen LogP contribution >= 0.6 is 12.4 Å². The number of rotatable bonds is 5. The van der Waals surface area contributed by atoms with Gasteiger partial charge in [-0.25, -0.2) is 4.39 Å². The molecular formula is C17H26ClFN2O. The van der Waals surface area contributed by atoms with Crippen LogP contribution in [0.5, 0.6) is 0 Å². The highest BCUT2D eigenvalue weighted by Gasteiger charge is 2.20. The molecule has 0 aromatic heterocycles. The average Bonchev–Trinajstić information content (AvgIpc) is 2.47. The van der Waals surface area contributed by atoms with E-state index in [2.05, 4.69) is 17.6 Å². The number of benzene rings is 1. The van der Waals surface area contributed by atoms with Crippen molar-refractivity contribution in [1.29, 1.82) is 0 Å². The highest BCUT2D eigenvalue weighted by Crippen LogP contribution is 2.28. The summed E-state index contributed by atoms with van der Waals surface area (Å²) < 4.78 is 14.3. The third-order valence-corrected chi connectivity index (χ3v) is 4.16. The van der Waals surface area contributed by atoms with Gasteiger partial charge in [0.2, 0.25) is 0 Å². The second-order valence-electron chi connectivity index (χ2n) is 5.83. The molecule has 1 aliphatic heterocycles. The van der Waals surface area contributed by atoms with Crippen molar-refractivity contribution in [2.75, 3.05) is 19.6 Å². The van der Waals surface area contributed by atoms with Crippen LogP contribution < -0.4 is 10.6 Å². The molecule has 3 nitrogen and oxygen atoms in total. The number of carbonyl (C=O) groups excluding carboxylic acids is 1. The number of carbonyl (C=O) groups is 1. The Morgan fingerprint density at radius 2 is 2.05 bits per heavy atom. The Labute approximate surface area is 138 Å². The fraction of sp³-hybridized carbons (Fsp3) is 0.588. The fourth-order valence-electron chi connectivity index (χ4n) is 2.92. The van der Waals surface area contributed by atoms with E-state index in [-0.39, 0.29) is 23.9 Å². The first-order valence-corrected chi connectivity index (χ1v) is 7.92. The average molecular weight is 329 g/mol. The molecule has 1 aromatic carbocycles. The zero-order valence-corrected chi connectivity index (χ0v) is 14.2. The molecule has 2 rings (SSSR count). The molecule has 1 amide bonds. The Balaban J connectivity index is 0.00000242. The summed E-state index contributed by atoms with van der Waals surface area (Å²) in [4.78, 5) is 12.1. The lowest BCUT2D eigenvalue weighted by Crippen LogP contribution is -2.28. The van der Waals surface area contributed by atoms with Crippen LogP contribution in [0.3, 0.4) is 0 Å². The summed E-state index contributed by atoms with van der Waals surface area (Å²) in [7, 11) is 0. The third kappa shape index (κ3) is 4.68. The van der Waals surface area contributed by atoms with Gasteiger partial charge in [-0.2, -0.15) is 0 Å². The first kappa shape index (κ1) is 18.9. The Morgan fingerprint density at radius 3 is 2.64 bits per heavy atom. The summed E-state index contributed by atoms with van der Waals surface area (Å²) >= 11 is 0. The number of hydrogen-bond acceptors (Lipinski definition) is 2. The van der Waals surface area contributed by atoms with Crippen LogP contribution in [0, 0.1) is 12.7 Å². The van der Waals surface area contributed by atoms with Gasteiger partial charge in [0, 0.05) is 6.54 Å². The van der Waals surface area contributed by atoms with E-state index < -0.39 is 5.82 Å². The molecule has 0 spiro atoms. The van der Waals surface area contributed by atoms with Crippen LogP contribution in [0.15, 0.2) is 12.1 Å². The Kier molecular flexibility index (Phi) is 7.83. The summed E-state index contributed by atoms with van der Waals surface area (Å²) in [5.41, 5.74) is 1.96. The number of hydrogen-bond donors (Lipinski definition) is 2. The van der Waals surface area contributed by atoms with Crippen LogP contribution in [0.4, 0.5) is 4.39 Å². The minimum absolute atomic E-state index is 0. The molecule has 5 heteroatoms. The van der Waals surface area contributed by atoms with Crippen molar-refractivity contribution < 1.29 is 9.18 Å². The molecule has 0 unspecified atom stereocenters. The Morgan fingerprint density at radius 1 is 1.36 bits per heavy atom. The van der Waals surface area contributed by atoms with Gasteiger partial charge in [-0.05, 0) is 62.4 Å². The summed E-state index contributed by atoms with van der Waals surface area (Å²) in [5.74, 6) is -0.288.